The average molecular weight is 589 g/mol. The molecule has 0 atom stereocenters. The van der Waals surface area contributed by atoms with E-state index >= 15 is 8.78 Å². The summed E-state index contributed by atoms with van der Waals surface area (Å²) in [5.41, 5.74) is 11.3. The van der Waals surface area contributed by atoms with Crippen LogP contribution in [0.2, 0.25) is 0 Å². The van der Waals surface area contributed by atoms with E-state index in [0.29, 0.717) is 22.5 Å². The Bertz CT molecular complexity index is 2060. The molecule has 6 aromatic carbocycles. The van der Waals surface area contributed by atoms with Crippen molar-refractivity contribution in [3.8, 4) is 11.1 Å². The van der Waals surface area contributed by atoms with Gasteiger partial charge in [0, 0.05) is 27.9 Å². The summed E-state index contributed by atoms with van der Waals surface area (Å²) in [6.07, 6.45) is 0. The summed E-state index contributed by atoms with van der Waals surface area (Å²) in [5.74, 6) is -0.791. The molecule has 0 aromatic heterocycles. The first-order chi connectivity index (χ1) is 21.8. The van der Waals surface area contributed by atoms with Crippen molar-refractivity contribution in [3.63, 3.8) is 0 Å². The third kappa shape index (κ3) is 4.21. The van der Waals surface area contributed by atoms with Gasteiger partial charge >= 0.3 is 0 Å². The molecule has 0 fully saturated rings. The fourth-order valence-electron chi connectivity index (χ4n) is 7.09. The predicted molar refractivity (Wildman–Crippen MR) is 181 cm³/mol. The van der Waals surface area contributed by atoms with E-state index < -0.39 is 11.6 Å². The van der Waals surface area contributed by atoms with Crippen LogP contribution in [0.1, 0.15) is 36.1 Å². The lowest BCUT2D eigenvalue weighted by molar-refractivity contribution is 0.624. The molecule has 0 N–H and O–H groups in total. The zero-order chi connectivity index (χ0) is 30.9. The average Bonchev–Trinajstić information content (AvgIpc) is 3.05. The minimum absolute atomic E-state index is 0.233. The van der Waals surface area contributed by atoms with Gasteiger partial charge < -0.3 is 9.80 Å². The number of hydrogen-bond donors (Lipinski definition) is 0. The van der Waals surface area contributed by atoms with E-state index in [9.17, 15) is 0 Å². The van der Waals surface area contributed by atoms with Crippen LogP contribution in [-0.4, -0.2) is 0 Å². The van der Waals surface area contributed by atoms with E-state index in [1.165, 1.54) is 18.2 Å². The van der Waals surface area contributed by atoms with Crippen LogP contribution in [0.15, 0.2) is 140 Å². The topological polar surface area (TPSA) is 6.48 Å². The highest BCUT2D eigenvalue weighted by molar-refractivity contribution is 6.00. The second-order valence-corrected chi connectivity index (χ2v) is 12.2. The number of fused-ring (bicyclic) bond motifs is 4. The second kappa shape index (κ2) is 10.0. The first-order valence-electron chi connectivity index (χ1n) is 15.1. The molecule has 0 saturated carbocycles. The molecule has 0 spiro atoms. The molecule has 0 saturated heterocycles. The van der Waals surface area contributed by atoms with E-state index in [-0.39, 0.29) is 5.41 Å². The van der Waals surface area contributed by atoms with Crippen LogP contribution in [0.4, 0.5) is 42.9 Å². The molecule has 0 unspecified atom stereocenters. The minimum atomic E-state index is -0.400. The highest BCUT2D eigenvalue weighted by Crippen LogP contribution is 2.52. The molecule has 218 valence electrons. The maximum absolute atomic E-state index is 15.6. The summed E-state index contributed by atoms with van der Waals surface area (Å²) < 4.78 is 31.2. The van der Waals surface area contributed by atoms with Crippen molar-refractivity contribution in [1.82, 2.24) is 0 Å². The van der Waals surface area contributed by atoms with Gasteiger partial charge in [-0.05, 0) is 88.5 Å². The van der Waals surface area contributed by atoms with E-state index in [0.717, 1.165) is 50.6 Å². The van der Waals surface area contributed by atoms with Gasteiger partial charge in [-0.3, -0.25) is 0 Å². The summed E-state index contributed by atoms with van der Waals surface area (Å²) >= 11 is 0. The molecule has 2 aliphatic heterocycles. The zero-order valence-electron chi connectivity index (χ0n) is 25.1. The second-order valence-electron chi connectivity index (χ2n) is 12.2. The smallest absolute Gasteiger partial charge is 0.125 e. The number of para-hydroxylation sites is 4. The molecule has 8 rings (SSSR count). The maximum atomic E-state index is 15.6. The Labute approximate surface area is 262 Å². The SMILES string of the molecule is C=C1c2ccccc2N(c2cc(F)cc(-c3cc(F)cc(N4c5ccccc5C(C)(C)c5ccccc54)c3)c2)c2ccccc21. The molecule has 0 radical (unpaired) electrons. The lowest BCUT2D eigenvalue weighted by Crippen LogP contribution is -2.30. The van der Waals surface area contributed by atoms with Crippen LogP contribution in [0.3, 0.4) is 0 Å². The van der Waals surface area contributed by atoms with E-state index in [4.69, 9.17) is 0 Å². The first kappa shape index (κ1) is 27.1. The molecule has 0 bridgehead atoms. The summed E-state index contributed by atoms with van der Waals surface area (Å²) in [4.78, 5) is 4.18. The van der Waals surface area contributed by atoms with Gasteiger partial charge in [0.15, 0.2) is 0 Å². The highest BCUT2D eigenvalue weighted by Gasteiger charge is 2.36. The third-order valence-electron chi connectivity index (χ3n) is 9.19. The van der Waals surface area contributed by atoms with E-state index in [1.54, 1.807) is 6.07 Å². The highest BCUT2D eigenvalue weighted by atomic mass is 19.1. The number of hydrogen-bond acceptors (Lipinski definition) is 2. The molecule has 2 nitrogen and oxygen atoms in total. The predicted octanol–water partition coefficient (Wildman–Crippen LogP) is 11.6. The van der Waals surface area contributed by atoms with Gasteiger partial charge in [0.2, 0.25) is 0 Å². The van der Waals surface area contributed by atoms with Crippen molar-refractivity contribution in [1.29, 1.82) is 0 Å². The fourth-order valence-corrected chi connectivity index (χ4v) is 7.09. The van der Waals surface area contributed by atoms with Gasteiger partial charge in [0.1, 0.15) is 11.6 Å². The van der Waals surface area contributed by atoms with Crippen LogP contribution < -0.4 is 9.80 Å². The maximum Gasteiger partial charge on any atom is 0.125 e. The molecule has 6 aromatic rings. The Morgan fingerprint density at radius 3 is 1.33 bits per heavy atom. The quantitative estimate of drug-likeness (QED) is 0.203. The Balaban J connectivity index is 1.30. The summed E-state index contributed by atoms with van der Waals surface area (Å²) in [7, 11) is 0. The van der Waals surface area contributed by atoms with Crippen LogP contribution in [-0.2, 0) is 5.41 Å². The molecule has 4 heteroatoms. The lowest BCUT2D eigenvalue weighted by Gasteiger charge is -2.42. The van der Waals surface area contributed by atoms with Crippen molar-refractivity contribution in [3.05, 3.63) is 174 Å². The summed E-state index contributed by atoms with van der Waals surface area (Å²) in [5, 5.41) is 0. The number of rotatable bonds is 3. The Kier molecular flexibility index (Phi) is 6.04. The largest absolute Gasteiger partial charge is 0.310 e. The molecule has 2 heterocycles. The van der Waals surface area contributed by atoms with Gasteiger partial charge in [-0.25, -0.2) is 8.78 Å². The molecular weight excluding hydrogens is 558 g/mol. The first-order valence-corrected chi connectivity index (χ1v) is 15.1. The van der Waals surface area contributed by atoms with Crippen molar-refractivity contribution < 1.29 is 8.78 Å². The van der Waals surface area contributed by atoms with Crippen molar-refractivity contribution in [2.45, 2.75) is 19.3 Å². The number of benzene rings is 6. The molecule has 0 amide bonds. The van der Waals surface area contributed by atoms with Crippen molar-refractivity contribution in [2.24, 2.45) is 0 Å². The molecular formula is C41H30F2N2. The number of nitrogens with zero attached hydrogens (tertiary/aromatic N) is 2. The minimum Gasteiger partial charge on any atom is -0.310 e. The van der Waals surface area contributed by atoms with Crippen molar-refractivity contribution in [2.75, 3.05) is 9.80 Å². The molecule has 0 aliphatic carbocycles. The fraction of sp³-hybridized carbons (Fsp3) is 0.0732. The van der Waals surface area contributed by atoms with Crippen LogP contribution >= 0.6 is 0 Å². The number of halogens is 2. The van der Waals surface area contributed by atoms with E-state index in [1.807, 2.05) is 84.9 Å². The van der Waals surface area contributed by atoms with Crippen molar-refractivity contribution >= 4 is 39.7 Å². The van der Waals surface area contributed by atoms with Gasteiger partial charge in [-0.15, -0.1) is 0 Å². The Morgan fingerprint density at radius 1 is 0.489 bits per heavy atom. The Morgan fingerprint density at radius 2 is 0.867 bits per heavy atom. The standard InChI is InChI=1S/C41H30F2N2/c1-26-33-12-4-8-16-37(33)44(38-17-9-5-13-34(26)38)31-22-27(20-29(42)24-31)28-21-30(43)25-32(23-28)45-39-18-10-6-14-35(39)41(2,3)36-15-7-11-19-40(36)45/h4-25H,1H2,2-3H3. The lowest BCUT2D eigenvalue weighted by atomic mass is 9.73. The van der Waals surface area contributed by atoms with Crippen LogP contribution in [0.5, 0.6) is 0 Å². The zero-order valence-corrected chi connectivity index (χ0v) is 25.1. The Hall–Kier alpha value is -5.48. The van der Waals surface area contributed by atoms with Crippen LogP contribution in [0, 0.1) is 11.6 Å². The monoisotopic (exact) mass is 588 g/mol. The summed E-state index contributed by atoms with van der Waals surface area (Å²) in [6.45, 7) is 8.81. The number of anilines is 6. The van der Waals surface area contributed by atoms with Crippen LogP contribution in [0.25, 0.3) is 16.7 Å². The molecule has 45 heavy (non-hydrogen) atoms. The van der Waals surface area contributed by atoms with Gasteiger partial charge in [-0.1, -0.05) is 93.2 Å². The normalized spacial score (nSPS) is 14.4. The summed E-state index contributed by atoms with van der Waals surface area (Å²) in [6, 6.07) is 42.5. The van der Waals surface area contributed by atoms with E-state index in [2.05, 4.69) is 54.5 Å². The van der Waals surface area contributed by atoms with Gasteiger partial charge in [0.05, 0.1) is 22.7 Å². The van der Waals surface area contributed by atoms with Gasteiger partial charge in [0.25, 0.3) is 0 Å². The van der Waals surface area contributed by atoms with Gasteiger partial charge in [-0.2, -0.15) is 0 Å². The molecule has 2 aliphatic rings. The third-order valence-corrected chi connectivity index (χ3v) is 9.19.